The lowest BCUT2D eigenvalue weighted by Crippen LogP contribution is -2.18. The van der Waals surface area contributed by atoms with E-state index in [-0.39, 0.29) is 36.7 Å². The monoisotopic (exact) mass is 676 g/mol. The lowest BCUT2D eigenvalue weighted by Gasteiger charge is -2.18. The second-order valence-electron chi connectivity index (χ2n) is 12.3. The third kappa shape index (κ3) is 7.00. The number of hydrogen-bond acceptors (Lipinski definition) is 10. The first-order valence-electron chi connectivity index (χ1n) is 16.8. The summed E-state index contributed by atoms with van der Waals surface area (Å²) in [6.45, 7) is 7.70. The van der Waals surface area contributed by atoms with Crippen molar-refractivity contribution in [3.63, 3.8) is 0 Å². The van der Waals surface area contributed by atoms with E-state index in [2.05, 4.69) is 20.4 Å². The number of phenolic OH excluding ortho intramolecular Hbond substituents is 2. The van der Waals surface area contributed by atoms with E-state index < -0.39 is 11.8 Å². The molecule has 12 heteroatoms. The Labute approximate surface area is 289 Å². The van der Waals surface area contributed by atoms with Crippen molar-refractivity contribution >= 4 is 34.0 Å². The van der Waals surface area contributed by atoms with Gasteiger partial charge in [-0.15, -0.1) is 30.0 Å². The number of unbranched alkanes of at least 4 members (excludes halogenated alkanes) is 1. The van der Waals surface area contributed by atoms with Crippen LogP contribution in [0.5, 0.6) is 11.5 Å². The molecule has 12 nitrogen and oxygen atoms in total. The van der Waals surface area contributed by atoms with Crippen LogP contribution in [0.3, 0.4) is 0 Å². The maximum absolute atomic E-state index is 13.2. The second kappa shape index (κ2) is 14.8. The summed E-state index contributed by atoms with van der Waals surface area (Å²) in [6, 6.07) is 21.9. The molecule has 0 amide bonds. The number of rotatable bonds is 13. The first kappa shape index (κ1) is 34.1. The molecule has 6 aromatic rings. The van der Waals surface area contributed by atoms with E-state index in [1.165, 1.54) is 9.59 Å². The molecular weight excluding hydrogens is 636 g/mol. The number of esters is 2. The van der Waals surface area contributed by atoms with Crippen LogP contribution < -0.4 is 0 Å². The third-order valence-corrected chi connectivity index (χ3v) is 8.83. The molecule has 50 heavy (non-hydrogen) atoms. The second-order valence-corrected chi connectivity index (χ2v) is 12.3. The number of benzene rings is 4. The van der Waals surface area contributed by atoms with Gasteiger partial charge in [0.2, 0.25) is 0 Å². The number of carbonyl (C=O) groups is 2. The number of nitrogens with zero attached hydrogens (tertiary/aromatic N) is 6. The van der Waals surface area contributed by atoms with Gasteiger partial charge >= 0.3 is 11.9 Å². The number of fused-ring (bicyclic) bond motifs is 2. The Hall–Kier alpha value is -5.78. The number of ether oxygens (including phenoxy) is 2. The van der Waals surface area contributed by atoms with Crippen LogP contribution in [0.2, 0.25) is 0 Å². The number of hydrogen-bond donors (Lipinski definition) is 2. The average molecular weight is 677 g/mol. The number of carbonyl (C=O) groups excluding carboxylic acids is 2. The summed E-state index contributed by atoms with van der Waals surface area (Å²) in [5.41, 5.74) is 6.15. The van der Waals surface area contributed by atoms with Crippen molar-refractivity contribution in [3.8, 4) is 22.9 Å². The van der Waals surface area contributed by atoms with Gasteiger partial charge in [-0.3, -0.25) is 9.59 Å². The summed E-state index contributed by atoms with van der Waals surface area (Å²) in [6.07, 6.45) is 2.02. The minimum atomic E-state index is -0.546. The molecule has 0 aliphatic rings. The largest absolute Gasteiger partial charge is 0.505 e. The zero-order valence-corrected chi connectivity index (χ0v) is 28.5. The van der Waals surface area contributed by atoms with Crippen LogP contribution in [0.4, 0.5) is 0 Å². The van der Waals surface area contributed by atoms with Crippen LogP contribution in [-0.2, 0) is 19.1 Å². The summed E-state index contributed by atoms with van der Waals surface area (Å²) >= 11 is 0. The van der Waals surface area contributed by atoms with E-state index in [0.29, 0.717) is 81.4 Å². The molecule has 2 unspecified atom stereocenters. The normalized spacial score (nSPS) is 12.6. The summed E-state index contributed by atoms with van der Waals surface area (Å²) in [4.78, 5) is 29.1. The Morgan fingerprint density at radius 1 is 0.620 bits per heavy atom. The predicted molar refractivity (Wildman–Crippen MR) is 188 cm³/mol. The number of aryl methyl sites for hydroxylation is 2. The van der Waals surface area contributed by atoms with Gasteiger partial charge in [0.25, 0.3) is 0 Å². The Kier molecular flexibility index (Phi) is 10.1. The van der Waals surface area contributed by atoms with Crippen molar-refractivity contribution in [1.29, 1.82) is 0 Å². The van der Waals surface area contributed by atoms with E-state index in [1.807, 2.05) is 62.4 Å². The van der Waals surface area contributed by atoms with E-state index >= 15 is 0 Å². The highest BCUT2D eigenvalue weighted by Crippen LogP contribution is 2.34. The number of aromatic nitrogens is 6. The molecule has 6 rings (SSSR count). The van der Waals surface area contributed by atoms with Gasteiger partial charge in [-0.1, -0.05) is 50.2 Å². The first-order valence-corrected chi connectivity index (χ1v) is 16.8. The van der Waals surface area contributed by atoms with Gasteiger partial charge < -0.3 is 19.7 Å². The molecular formula is C38H40N6O6. The molecule has 0 spiro atoms. The molecule has 258 valence electrons. The molecule has 0 aliphatic heterocycles. The van der Waals surface area contributed by atoms with Gasteiger partial charge in [0, 0.05) is 0 Å². The van der Waals surface area contributed by atoms with Crippen molar-refractivity contribution in [1.82, 2.24) is 30.0 Å². The highest BCUT2D eigenvalue weighted by Gasteiger charge is 2.25. The highest BCUT2D eigenvalue weighted by molar-refractivity contribution is 5.80. The summed E-state index contributed by atoms with van der Waals surface area (Å²) < 4.78 is 11.3. The summed E-state index contributed by atoms with van der Waals surface area (Å²) in [5, 5.41) is 39.6. The predicted octanol–water partition coefficient (Wildman–Crippen LogP) is 6.74. The Balaban J connectivity index is 1.03. The highest BCUT2D eigenvalue weighted by atomic mass is 16.5. The summed E-state index contributed by atoms with van der Waals surface area (Å²) in [7, 11) is 0. The molecule has 4 aromatic carbocycles. The topological polar surface area (TPSA) is 154 Å². The molecule has 0 fully saturated rings. The van der Waals surface area contributed by atoms with Crippen molar-refractivity contribution in [3.05, 3.63) is 95.1 Å². The molecule has 0 saturated heterocycles. The van der Waals surface area contributed by atoms with E-state index in [4.69, 9.17) is 9.47 Å². The van der Waals surface area contributed by atoms with Gasteiger partial charge in [0.1, 0.15) is 44.9 Å². The van der Waals surface area contributed by atoms with Crippen LogP contribution in [0.15, 0.2) is 72.8 Å². The van der Waals surface area contributed by atoms with Crippen molar-refractivity contribution in [2.24, 2.45) is 0 Å². The fourth-order valence-electron chi connectivity index (χ4n) is 6.05. The van der Waals surface area contributed by atoms with Crippen LogP contribution in [-0.4, -0.2) is 65.4 Å². The van der Waals surface area contributed by atoms with Crippen molar-refractivity contribution < 1.29 is 29.3 Å². The standard InChI is InChI=1S/C38H40N6O6/c1-5-27(25-19-23(3)35(45)33(21-25)43-39-29-13-7-8-14-30(29)40-43)37(47)49-17-11-12-18-50-38(48)28(6-2)26-20-24(4)36(46)34(22-26)44-41-31-15-9-10-16-32(31)42-44/h7-10,13-16,19-22,27-28,45-46H,5-6,11-12,17-18H2,1-4H3. The molecule has 2 heterocycles. The lowest BCUT2D eigenvalue weighted by molar-refractivity contribution is -0.148. The van der Waals surface area contributed by atoms with Crippen molar-refractivity contribution in [2.75, 3.05) is 13.2 Å². The third-order valence-electron chi connectivity index (χ3n) is 8.83. The maximum atomic E-state index is 13.2. The first-order chi connectivity index (χ1) is 24.2. The van der Waals surface area contributed by atoms with Gasteiger partial charge in [-0.25, -0.2) is 0 Å². The van der Waals surface area contributed by atoms with Crippen molar-refractivity contribution in [2.45, 2.75) is 65.2 Å². The molecule has 0 saturated carbocycles. The minimum Gasteiger partial charge on any atom is -0.505 e. The van der Waals surface area contributed by atoms with Gasteiger partial charge in [-0.2, -0.15) is 0 Å². The van der Waals surface area contributed by atoms with Crippen LogP contribution >= 0.6 is 0 Å². The molecule has 0 radical (unpaired) electrons. The van der Waals surface area contributed by atoms with Gasteiger partial charge in [-0.05, 0) is 98.2 Å². The van der Waals surface area contributed by atoms with E-state index in [1.54, 1.807) is 38.1 Å². The molecule has 2 aromatic heterocycles. The van der Waals surface area contributed by atoms with E-state index in [0.717, 1.165) is 0 Å². The SMILES string of the molecule is CCC(C(=O)OCCCCOC(=O)C(CC)c1cc(C)c(O)c(-n2nc3ccccc3n2)c1)c1cc(C)c(O)c(-n2nc3ccccc3n2)c1. The lowest BCUT2D eigenvalue weighted by atomic mass is 9.94. The zero-order valence-electron chi connectivity index (χ0n) is 28.5. The quantitative estimate of drug-likeness (QED) is 0.0993. The van der Waals surface area contributed by atoms with Crippen LogP contribution in [0, 0.1) is 13.8 Å². The molecule has 2 atom stereocenters. The number of phenols is 2. The van der Waals surface area contributed by atoms with Crippen LogP contribution in [0.1, 0.15) is 73.6 Å². The Bertz CT molecular complexity index is 1950. The Morgan fingerprint density at radius 2 is 0.960 bits per heavy atom. The minimum absolute atomic E-state index is 0.0433. The fourth-order valence-corrected chi connectivity index (χ4v) is 6.05. The zero-order chi connectivity index (χ0) is 35.4. The number of aromatic hydroxyl groups is 2. The Morgan fingerprint density at radius 3 is 1.28 bits per heavy atom. The average Bonchev–Trinajstić information content (AvgIpc) is 3.74. The van der Waals surface area contributed by atoms with Crippen LogP contribution in [0.25, 0.3) is 33.4 Å². The summed E-state index contributed by atoms with van der Waals surface area (Å²) in [5.74, 6) is -1.75. The smallest absolute Gasteiger partial charge is 0.313 e. The van der Waals surface area contributed by atoms with E-state index in [9.17, 15) is 19.8 Å². The van der Waals surface area contributed by atoms with Gasteiger partial charge in [0.05, 0.1) is 25.0 Å². The molecule has 0 bridgehead atoms. The maximum Gasteiger partial charge on any atom is 0.313 e. The molecule has 2 N–H and O–H groups in total. The van der Waals surface area contributed by atoms with Gasteiger partial charge in [0.15, 0.2) is 0 Å². The molecule has 0 aliphatic carbocycles. The fraction of sp³-hybridized carbons (Fsp3) is 0.316.